The molecule has 0 amide bonds. The minimum absolute atomic E-state index is 0.659. The van der Waals surface area contributed by atoms with Crippen molar-refractivity contribution in [2.75, 3.05) is 13.2 Å². The van der Waals surface area contributed by atoms with Gasteiger partial charge in [-0.05, 0) is 49.2 Å². The van der Waals surface area contributed by atoms with Crippen molar-refractivity contribution in [3.8, 4) is 11.5 Å². The second-order valence-electron chi connectivity index (χ2n) is 7.38. The van der Waals surface area contributed by atoms with Gasteiger partial charge in [0.25, 0.3) is 0 Å². The highest BCUT2D eigenvalue weighted by molar-refractivity contribution is 8.00. The van der Waals surface area contributed by atoms with Crippen molar-refractivity contribution in [1.82, 2.24) is 9.97 Å². The molecule has 5 rings (SSSR count). The van der Waals surface area contributed by atoms with Gasteiger partial charge in [0.1, 0.15) is 11.5 Å². The third kappa shape index (κ3) is 5.20. The SMILES string of the molecule is CCOc1cccc2nc(SCc3ccccc3CSc3nc4cccc(OCC)c4s3)sc12. The fraction of sp³-hybridized carbons (Fsp3) is 0.231. The van der Waals surface area contributed by atoms with E-state index in [9.17, 15) is 0 Å². The molecule has 2 heterocycles. The zero-order chi connectivity index (χ0) is 23.3. The summed E-state index contributed by atoms with van der Waals surface area (Å²) in [5.74, 6) is 3.61. The van der Waals surface area contributed by atoms with Crippen LogP contribution in [0, 0.1) is 0 Å². The van der Waals surface area contributed by atoms with Crippen molar-refractivity contribution in [1.29, 1.82) is 0 Å². The van der Waals surface area contributed by atoms with E-state index < -0.39 is 0 Å². The minimum Gasteiger partial charge on any atom is -0.492 e. The van der Waals surface area contributed by atoms with Crippen molar-refractivity contribution >= 4 is 66.6 Å². The largest absolute Gasteiger partial charge is 0.492 e. The molecule has 0 aliphatic rings. The molecule has 0 aliphatic carbocycles. The second kappa shape index (κ2) is 11.0. The summed E-state index contributed by atoms with van der Waals surface area (Å²) in [5, 5.41) is 0. The number of fused-ring (bicyclic) bond motifs is 2. The maximum Gasteiger partial charge on any atom is 0.151 e. The lowest BCUT2D eigenvalue weighted by Gasteiger charge is -2.07. The van der Waals surface area contributed by atoms with Crippen LogP contribution < -0.4 is 9.47 Å². The lowest BCUT2D eigenvalue weighted by molar-refractivity contribution is 0.344. The fourth-order valence-electron chi connectivity index (χ4n) is 3.59. The number of thiazole rings is 2. The van der Waals surface area contributed by atoms with Crippen LogP contribution in [0.5, 0.6) is 11.5 Å². The molecule has 0 aliphatic heterocycles. The Kier molecular flexibility index (Phi) is 7.59. The van der Waals surface area contributed by atoms with E-state index in [4.69, 9.17) is 19.4 Å². The van der Waals surface area contributed by atoms with Gasteiger partial charge in [-0.25, -0.2) is 9.97 Å². The van der Waals surface area contributed by atoms with Crippen molar-refractivity contribution in [2.45, 2.75) is 34.0 Å². The Bertz CT molecular complexity index is 1310. The summed E-state index contributed by atoms with van der Waals surface area (Å²) in [7, 11) is 0. The minimum atomic E-state index is 0.659. The molecule has 0 saturated carbocycles. The van der Waals surface area contributed by atoms with Gasteiger partial charge in [0.15, 0.2) is 8.68 Å². The number of hydrogen-bond acceptors (Lipinski definition) is 8. The van der Waals surface area contributed by atoms with Gasteiger partial charge in [-0.3, -0.25) is 0 Å². The third-order valence-electron chi connectivity index (χ3n) is 5.14. The molecule has 2 aromatic heterocycles. The van der Waals surface area contributed by atoms with E-state index in [1.165, 1.54) is 11.1 Å². The zero-order valence-electron chi connectivity index (χ0n) is 18.9. The lowest BCUT2D eigenvalue weighted by Crippen LogP contribution is -1.90. The average Bonchev–Trinajstić information content (AvgIpc) is 3.47. The number of thioether (sulfide) groups is 2. The Morgan fingerprint density at radius 3 is 1.56 bits per heavy atom. The summed E-state index contributed by atoms with van der Waals surface area (Å²) in [6.07, 6.45) is 0. The zero-order valence-corrected chi connectivity index (χ0v) is 22.2. The average molecular weight is 525 g/mol. The Hall–Kier alpha value is -2.26. The molecule has 0 unspecified atom stereocenters. The van der Waals surface area contributed by atoms with Crippen LogP contribution in [0.15, 0.2) is 69.3 Å². The molecule has 0 atom stereocenters. The fourth-order valence-corrected chi connectivity index (χ4v) is 7.89. The van der Waals surface area contributed by atoms with Gasteiger partial charge in [-0.2, -0.15) is 0 Å². The molecular weight excluding hydrogens is 501 g/mol. The summed E-state index contributed by atoms with van der Waals surface area (Å²) in [4.78, 5) is 9.64. The summed E-state index contributed by atoms with van der Waals surface area (Å²) < 4.78 is 15.9. The molecule has 4 nitrogen and oxygen atoms in total. The number of rotatable bonds is 10. The highest BCUT2D eigenvalue weighted by Gasteiger charge is 2.13. The molecule has 5 aromatic rings. The van der Waals surface area contributed by atoms with Crippen LogP contribution in [0.4, 0.5) is 0 Å². The third-order valence-corrected chi connectivity index (χ3v) is 9.69. The van der Waals surface area contributed by atoms with E-state index in [-0.39, 0.29) is 0 Å². The topological polar surface area (TPSA) is 44.2 Å². The molecule has 0 N–H and O–H groups in total. The molecule has 0 saturated heterocycles. The van der Waals surface area contributed by atoms with E-state index in [2.05, 4.69) is 36.4 Å². The van der Waals surface area contributed by atoms with Crippen LogP contribution in [-0.4, -0.2) is 23.2 Å². The molecule has 0 spiro atoms. The van der Waals surface area contributed by atoms with Gasteiger partial charge in [0.2, 0.25) is 0 Å². The van der Waals surface area contributed by atoms with Gasteiger partial charge in [0.05, 0.1) is 33.6 Å². The molecule has 0 fully saturated rings. The van der Waals surface area contributed by atoms with Gasteiger partial charge < -0.3 is 9.47 Å². The number of aromatic nitrogens is 2. The van der Waals surface area contributed by atoms with E-state index >= 15 is 0 Å². The van der Waals surface area contributed by atoms with Gasteiger partial charge in [-0.15, -0.1) is 22.7 Å². The normalized spacial score (nSPS) is 11.4. The van der Waals surface area contributed by atoms with E-state index in [1.54, 1.807) is 46.2 Å². The highest BCUT2D eigenvalue weighted by atomic mass is 32.2. The van der Waals surface area contributed by atoms with Crippen LogP contribution in [0.3, 0.4) is 0 Å². The molecule has 34 heavy (non-hydrogen) atoms. The number of benzene rings is 3. The van der Waals surface area contributed by atoms with Gasteiger partial charge in [0, 0.05) is 11.5 Å². The van der Waals surface area contributed by atoms with Crippen molar-refractivity contribution in [3.63, 3.8) is 0 Å². The summed E-state index contributed by atoms with van der Waals surface area (Å²) in [5.41, 5.74) is 4.68. The molecular formula is C26H24N2O2S4. The Balaban J connectivity index is 1.29. The summed E-state index contributed by atoms with van der Waals surface area (Å²) >= 11 is 6.99. The summed E-state index contributed by atoms with van der Waals surface area (Å²) in [6.45, 7) is 5.34. The molecule has 8 heteroatoms. The monoisotopic (exact) mass is 524 g/mol. The predicted molar refractivity (Wildman–Crippen MR) is 147 cm³/mol. The van der Waals surface area contributed by atoms with Crippen molar-refractivity contribution < 1.29 is 9.47 Å². The number of hydrogen-bond donors (Lipinski definition) is 0. The van der Waals surface area contributed by atoms with Crippen LogP contribution in [0.2, 0.25) is 0 Å². The first-order valence-electron chi connectivity index (χ1n) is 11.1. The highest BCUT2D eigenvalue weighted by Crippen LogP contribution is 2.39. The molecule has 0 bridgehead atoms. The van der Waals surface area contributed by atoms with Crippen LogP contribution >= 0.6 is 46.2 Å². The van der Waals surface area contributed by atoms with Crippen LogP contribution in [0.1, 0.15) is 25.0 Å². The Morgan fingerprint density at radius 1 is 0.647 bits per heavy atom. The maximum atomic E-state index is 5.78. The molecule has 174 valence electrons. The van der Waals surface area contributed by atoms with Crippen LogP contribution in [0.25, 0.3) is 20.4 Å². The Morgan fingerprint density at radius 2 is 1.12 bits per heavy atom. The predicted octanol–water partition coefficient (Wildman–Crippen LogP) is 8.29. The first kappa shape index (κ1) is 23.5. The van der Waals surface area contributed by atoms with Crippen LogP contribution in [-0.2, 0) is 11.5 Å². The van der Waals surface area contributed by atoms with Gasteiger partial charge >= 0.3 is 0 Å². The van der Waals surface area contributed by atoms with Crippen molar-refractivity contribution in [2.24, 2.45) is 0 Å². The first-order chi connectivity index (χ1) is 16.7. The van der Waals surface area contributed by atoms with E-state index in [0.29, 0.717) is 13.2 Å². The first-order valence-corrected chi connectivity index (χ1v) is 14.7. The standard InChI is InChI=1S/C26H24N2O2S4/c1-3-29-21-13-7-11-19-23(21)33-25(27-19)31-15-17-9-5-6-10-18(17)16-32-26-28-20-12-8-14-22(30-4-2)24(20)34-26/h5-14H,3-4,15-16H2,1-2H3. The summed E-state index contributed by atoms with van der Waals surface area (Å²) in [6, 6.07) is 20.8. The lowest BCUT2D eigenvalue weighted by atomic mass is 10.1. The molecule has 3 aromatic carbocycles. The number of nitrogens with zero attached hydrogens (tertiary/aromatic N) is 2. The maximum absolute atomic E-state index is 5.78. The number of ether oxygens (including phenoxy) is 2. The quantitative estimate of drug-likeness (QED) is 0.171. The van der Waals surface area contributed by atoms with Gasteiger partial charge in [-0.1, -0.05) is 59.9 Å². The molecule has 0 radical (unpaired) electrons. The van der Waals surface area contributed by atoms with E-state index in [1.807, 2.05) is 38.1 Å². The Labute approximate surface area is 215 Å². The van der Waals surface area contributed by atoms with Crippen molar-refractivity contribution in [3.05, 3.63) is 71.8 Å². The second-order valence-corrected chi connectivity index (χ2v) is 11.8. The smallest absolute Gasteiger partial charge is 0.151 e. The van der Waals surface area contributed by atoms with E-state index in [0.717, 1.165) is 52.1 Å².